The summed E-state index contributed by atoms with van der Waals surface area (Å²) in [7, 11) is 2.08. The van der Waals surface area contributed by atoms with Gasteiger partial charge in [-0.05, 0) is 82.2 Å². The molecule has 1 saturated carbocycles. The van der Waals surface area contributed by atoms with Crippen molar-refractivity contribution in [3.05, 3.63) is 34.4 Å². The maximum absolute atomic E-state index is 5.67. The van der Waals surface area contributed by atoms with Gasteiger partial charge in [0.25, 0.3) is 0 Å². The highest BCUT2D eigenvalue weighted by molar-refractivity contribution is 5.38. The van der Waals surface area contributed by atoms with Crippen LogP contribution in [0.5, 0.6) is 0 Å². The Labute approximate surface area is 123 Å². The molecule has 1 aliphatic carbocycles. The van der Waals surface area contributed by atoms with Gasteiger partial charge in [0, 0.05) is 12.6 Å². The normalized spacial score (nSPS) is 23.4. The van der Waals surface area contributed by atoms with Crippen LogP contribution in [0, 0.1) is 26.7 Å². The molecule has 0 spiro atoms. The van der Waals surface area contributed by atoms with E-state index in [1.165, 1.54) is 41.5 Å². The summed E-state index contributed by atoms with van der Waals surface area (Å²) >= 11 is 0. The standard InChI is InChI=1S/C18H29NO/c1-6-20-16-9-15(10-16)11-18(19-5)17-8-13(3)12(2)7-14(17)4/h7-8,15-16,18-19H,6,9-11H2,1-5H3. The fourth-order valence-electron chi connectivity index (χ4n) is 3.33. The first kappa shape index (κ1) is 15.5. The first-order valence-electron chi connectivity index (χ1n) is 7.91. The van der Waals surface area contributed by atoms with Crippen molar-refractivity contribution in [3.63, 3.8) is 0 Å². The third-order valence-corrected chi connectivity index (χ3v) is 4.77. The van der Waals surface area contributed by atoms with Crippen LogP contribution in [-0.4, -0.2) is 19.8 Å². The van der Waals surface area contributed by atoms with Gasteiger partial charge < -0.3 is 10.1 Å². The Morgan fingerprint density at radius 3 is 2.40 bits per heavy atom. The van der Waals surface area contributed by atoms with Crippen LogP contribution in [0.3, 0.4) is 0 Å². The van der Waals surface area contributed by atoms with E-state index in [-0.39, 0.29) is 0 Å². The van der Waals surface area contributed by atoms with E-state index in [0.717, 1.165) is 12.5 Å². The van der Waals surface area contributed by atoms with Gasteiger partial charge in [0.15, 0.2) is 0 Å². The topological polar surface area (TPSA) is 21.3 Å². The molecular weight excluding hydrogens is 246 g/mol. The molecular formula is C18H29NO. The fraction of sp³-hybridized carbons (Fsp3) is 0.667. The summed E-state index contributed by atoms with van der Waals surface area (Å²) in [5.74, 6) is 0.810. The van der Waals surface area contributed by atoms with Crippen molar-refractivity contribution in [1.29, 1.82) is 0 Å². The summed E-state index contributed by atoms with van der Waals surface area (Å²) in [6, 6.07) is 5.16. The molecule has 20 heavy (non-hydrogen) atoms. The SMILES string of the molecule is CCOC1CC(CC(NC)c2cc(C)c(C)cc2C)C1. The Hall–Kier alpha value is -0.860. The number of aryl methyl sites for hydroxylation is 3. The third kappa shape index (κ3) is 3.42. The second-order valence-electron chi connectivity index (χ2n) is 6.28. The van der Waals surface area contributed by atoms with E-state index in [1.54, 1.807) is 0 Å². The monoisotopic (exact) mass is 275 g/mol. The minimum Gasteiger partial charge on any atom is -0.378 e. The minimum absolute atomic E-state index is 0.474. The average molecular weight is 275 g/mol. The summed E-state index contributed by atoms with van der Waals surface area (Å²) in [6.07, 6.45) is 4.21. The molecule has 0 saturated heterocycles. The zero-order valence-corrected chi connectivity index (χ0v) is 13.6. The maximum atomic E-state index is 5.67. The van der Waals surface area contributed by atoms with Crippen molar-refractivity contribution in [3.8, 4) is 0 Å². The van der Waals surface area contributed by atoms with E-state index < -0.39 is 0 Å². The van der Waals surface area contributed by atoms with Gasteiger partial charge in [-0.15, -0.1) is 0 Å². The molecule has 1 N–H and O–H groups in total. The van der Waals surface area contributed by atoms with E-state index in [4.69, 9.17) is 4.74 Å². The summed E-state index contributed by atoms with van der Waals surface area (Å²) in [6.45, 7) is 9.57. The number of benzene rings is 1. The molecule has 0 aromatic heterocycles. The van der Waals surface area contributed by atoms with Crippen molar-refractivity contribution in [2.24, 2.45) is 5.92 Å². The molecule has 1 fully saturated rings. The summed E-state index contributed by atoms with van der Waals surface area (Å²) in [5, 5.41) is 3.51. The highest BCUT2D eigenvalue weighted by Gasteiger charge is 2.31. The molecule has 0 bridgehead atoms. The third-order valence-electron chi connectivity index (χ3n) is 4.77. The molecule has 2 nitrogen and oxygen atoms in total. The van der Waals surface area contributed by atoms with E-state index in [9.17, 15) is 0 Å². The van der Waals surface area contributed by atoms with Crippen molar-refractivity contribution in [1.82, 2.24) is 5.32 Å². The van der Waals surface area contributed by atoms with Gasteiger partial charge in [-0.2, -0.15) is 0 Å². The van der Waals surface area contributed by atoms with Crippen LogP contribution in [0.4, 0.5) is 0 Å². The molecule has 0 radical (unpaired) electrons. The van der Waals surface area contributed by atoms with Gasteiger partial charge in [0.2, 0.25) is 0 Å². The Bertz CT molecular complexity index is 449. The lowest BCUT2D eigenvalue weighted by Gasteiger charge is -2.37. The van der Waals surface area contributed by atoms with Gasteiger partial charge in [-0.3, -0.25) is 0 Å². The maximum Gasteiger partial charge on any atom is 0.0580 e. The Morgan fingerprint density at radius 2 is 1.80 bits per heavy atom. The van der Waals surface area contributed by atoms with Crippen molar-refractivity contribution in [2.45, 2.75) is 59.1 Å². The minimum atomic E-state index is 0.474. The van der Waals surface area contributed by atoms with Gasteiger partial charge in [-0.1, -0.05) is 12.1 Å². The lowest BCUT2D eigenvalue weighted by molar-refractivity contribution is -0.0289. The molecule has 0 heterocycles. The predicted molar refractivity (Wildman–Crippen MR) is 85.2 cm³/mol. The van der Waals surface area contributed by atoms with Gasteiger partial charge in [0.05, 0.1) is 6.10 Å². The lowest BCUT2D eigenvalue weighted by atomic mass is 9.76. The Morgan fingerprint density at radius 1 is 1.15 bits per heavy atom. The van der Waals surface area contributed by atoms with Crippen LogP contribution in [-0.2, 0) is 4.74 Å². The van der Waals surface area contributed by atoms with E-state index >= 15 is 0 Å². The van der Waals surface area contributed by atoms with E-state index in [0.29, 0.717) is 12.1 Å². The number of nitrogens with one attached hydrogen (secondary N) is 1. The highest BCUT2D eigenvalue weighted by atomic mass is 16.5. The number of hydrogen-bond acceptors (Lipinski definition) is 2. The first-order chi connectivity index (χ1) is 9.55. The van der Waals surface area contributed by atoms with Crippen LogP contribution in [0.25, 0.3) is 0 Å². The highest BCUT2D eigenvalue weighted by Crippen LogP contribution is 2.37. The van der Waals surface area contributed by atoms with Crippen molar-refractivity contribution in [2.75, 3.05) is 13.7 Å². The Balaban J connectivity index is 2.01. The molecule has 1 atom stereocenters. The van der Waals surface area contributed by atoms with Crippen LogP contribution < -0.4 is 5.32 Å². The molecule has 1 aromatic rings. The first-order valence-corrected chi connectivity index (χ1v) is 7.91. The number of hydrogen-bond donors (Lipinski definition) is 1. The molecule has 0 aliphatic heterocycles. The van der Waals surface area contributed by atoms with Crippen LogP contribution in [0.1, 0.15) is 54.5 Å². The smallest absolute Gasteiger partial charge is 0.0580 e. The second-order valence-corrected chi connectivity index (χ2v) is 6.28. The number of rotatable bonds is 6. The fourth-order valence-corrected chi connectivity index (χ4v) is 3.33. The van der Waals surface area contributed by atoms with Crippen molar-refractivity contribution < 1.29 is 4.74 Å². The van der Waals surface area contributed by atoms with Gasteiger partial charge in [-0.25, -0.2) is 0 Å². The summed E-state index contributed by atoms with van der Waals surface area (Å²) < 4.78 is 5.67. The van der Waals surface area contributed by atoms with Crippen LogP contribution in [0.2, 0.25) is 0 Å². The van der Waals surface area contributed by atoms with E-state index in [1.807, 2.05) is 0 Å². The molecule has 2 heteroatoms. The van der Waals surface area contributed by atoms with Crippen LogP contribution in [0.15, 0.2) is 12.1 Å². The van der Waals surface area contributed by atoms with Gasteiger partial charge in [0.1, 0.15) is 0 Å². The van der Waals surface area contributed by atoms with E-state index in [2.05, 4.69) is 52.2 Å². The second kappa shape index (κ2) is 6.73. The molecule has 2 rings (SSSR count). The summed E-state index contributed by atoms with van der Waals surface area (Å²) in [4.78, 5) is 0. The zero-order valence-electron chi connectivity index (χ0n) is 13.6. The number of ether oxygens (including phenoxy) is 1. The molecule has 1 aromatic carbocycles. The van der Waals surface area contributed by atoms with Crippen LogP contribution >= 0.6 is 0 Å². The van der Waals surface area contributed by atoms with Crippen molar-refractivity contribution >= 4 is 0 Å². The molecule has 1 unspecified atom stereocenters. The lowest BCUT2D eigenvalue weighted by Crippen LogP contribution is -2.34. The zero-order chi connectivity index (χ0) is 14.7. The average Bonchev–Trinajstić information content (AvgIpc) is 2.37. The molecule has 1 aliphatic rings. The predicted octanol–water partition coefficient (Wildman–Crippen LogP) is 4.08. The summed E-state index contributed by atoms with van der Waals surface area (Å²) in [5.41, 5.74) is 5.66. The quantitative estimate of drug-likeness (QED) is 0.844. The largest absolute Gasteiger partial charge is 0.378 e. The Kier molecular flexibility index (Phi) is 5.22. The molecule has 0 amide bonds. The van der Waals surface area contributed by atoms with Gasteiger partial charge >= 0.3 is 0 Å². The molecule has 112 valence electrons.